The summed E-state index contributed by atoms with van der Waals surface area (Å²) >= 11 is 0. The number of fused-ring (bicyclic) bond motifs is 4. The van der Waals surface area contributed by atoms with E-state index in [-0.39, 0.29) is 41.8 Å². The van der Waals surface area contributed by atoms with Gasteiger partial charge in [-0.1, -0.05) is 18.2 Å². The summed E-state index contributed by atoms with van der Waals surface area (Å²) in [6.07, 6.45) is 4.23. The Bertz CT molecular complexity index is 1550. The van der Waals surface area contributed by atoms with Crippen LogP contribution in [-0.2, 0) is 26.1 Å². The van der Waals surface area contributed by atoms with Crippen LogP contribution in [0.5, 0.6) is 5.75 Å². The number of likely N-dealkylation sites (tertiary alicyclic amines) is 2. The van der Waals surface area contributed by atoms with E-state index in [0.29, 0.717) is 18.2 Å². The zero-order valence-electron chi connectivity index (χ0n) is 27.1. The topological polar surface area (TPSA) is 92.1 Å². The quantitative estimate of drug-likeness (QED) is 0.369. The molecule has 0 N–H and O–H groups in total. The lowest BCUT2D eigenvalue weighted by molar-refractivity contribution is -0.126. The van der Waals surface area contributed by atoms with Crippen molar-refractivity contribution in [1.82, 2.24) is 9.80 Å². The first-order chi connectivity index (χ1) is 22.0. The minimum atomic E-state index is -0.693. The molecule has 4 fully saturated rings. The Hall–Kier alpha value is -3.48. The van der Waals surface area contributed by atoms with E-state index in [2.05, 4.69) is 17.0 Å². The molecule has 4 atom stereocenters. The first-order valence-corrected chi connectivity index (χ1v) is 16.9. The van der Waals surface area contributed by atoms with Crippen molar-refractivity contribution < 1.29 is 28.2 Å². The number of Topliss-reactive ketones (excluding diaryl/α,β-unsaturated/α-hetero) is 1. The van der Waals surface area contributed by atoms with Gasteiger partial charge in [0, 0.05) is 23.4 Å². The van der Waals surface area contributed by atoms with E-state index in [1.807, 2.05) is 39.0 Å². The maximum atomic E-state index is 15.6. The number of halogens is 1. The largest absolute Gasteiger partial charge is 0.492 e. The molecule has 5 aliphatic rings. The summed E-state index contributed by atoms with van der Waals surface area (Å²) in [6, 6.07) is 13.5. The van der Waals surface area contributed by atoms with E-state index in [9.17, 15) is 14.9 Å². The zero-order valence-corrected chi connectivity index (χ0v) is 27.1. The van der Waals surface area contributed by atoms with Gasteiger partial charge in [0.05, 0.1) is 43.9 Å². The summed E-state index contributed by atoms with van der Waals surface area (Å²) in [5, 5.41) is 9.99. The second-order valence-corrected chi connectivity index (χ2v) is 15.1. The predicted molar refractivity (Wildman–Crippen MR) is 170 cm³/mol. The zero-order chi connectivity index (χ0) is 32.2. The van der Waals surface area contributed by atoms with Crippen LogP contribution in [0.4, 0.5) is 9.18 Å². The van der Waals surface area contributed by atoms with Gasteiger partial charge >= 0.3 is 6.09 Å². The third kappa shape index (κ3) is 5.79. The van der Waals surface area contributed by atoms with Gasteiger partial charge in [-0.15, -0.1) is 0 Å². The molecule has 3 saturated heterocycles. The fraction of sp³-hybridized carbons (Fsp3) is 0.595. The lowest BCUT2D eigenvalue weighted by Gasteiger charge is -2.44. The molecule has 9 heteroatoms. The van der Waals surface area contributed by atoms with Gasteiger partial charge in [0.15, 0.2) is 5.78 Å². The maximum Gasteiger partial charge on any atom is 0.411 e. The van der Waals surface area contributed by atoms with Gasteiger partial charge < -0.3 is 14.2 Å². The number of carbonyl (C=O) groups is 2. The molecule has 2 aromatic carbocycles. The second kappa shape index (κ2) is 12.0. The van der Waals surface area contributed by atoms with Crippen molar-refractivity contribution in [3.8, 4) is 22.9 Å². The Morgan fingerprint density at radius 2 is 1.83 bits per heavy atom. The van der Waals surface area contributed by atoms with Crippen molar-refractivity contribution in [2.24, 2.45) is 11.8 Å². The normalized spacial score (nSPS) is 25.9. The minimum Gasteiger partial charge on any atom is -0.492 e. The molecule has 8 nitrogen and oxygen atoms in total. The average molecular weight is 630 g/mol. The highest BCUT2D eigenvalue weighted by Gasteiger charge is 2.52. The highest BCUT2D eigenvalue weighted by Crippen LogP contribution is 2.48. The van der Waals surface area contributed by atoms with Gasteiger partial charge in [-0.25, -0.2) is 9.18 Å². The van der Waals surface area contributed by atoms with E-state index >= 15 is 4.39 Å². The molecule has 0 radical (unpaired) electrons. The molecule has 0 unspecified atom stereocenters. The molecule has 2 aromatic rings. The number of amides is 1. The van der Waals surface area contributed by atoms with E-state index in [1.54, 1.807) is 11.0 Å². The standard InChI is InChI=1S/C37H44FN3O5/c1-36(2,3)46-35(43)41-28-8-6-27(16-28)34(41)32(42)15-23(19-39)14-26-5-4-25(18-31(26)38)24-7-9-33-30(17-24)37(22-45-33)10-12-40(13-11-37)29-20-44-21-29/h4-5,7,9,17-18,23,27-29,34H,6,8,10-16,20-22H2,1-3H3/t23-,27+,28-,34+/m1/s1. The molecule has 1 amide bonds. The number of ether oxygens (including phenoxy) is 3. The van der Waals surface area contributed by atoms with Crippen molar-refractivity contribution in [3.63, 3.8) is 0 Å². The summed E-state index contributed by atoms with van der Waals surface area (Å²) in [7, 11) is 0. The van der Waals surface area contributed by atoms with Gasteiger partial charge in [0.2, 0.25) is 0 Å². The number of ketones is 1. The Kier molecular flexibility index (Phi) is 8.09. The number of carbonyl (C=O) groups excluding carboxylic acids is 2. The van der Waals surface area contributed by atoms with Crippen LogP contribution >= 0.6 is 0 Å². The highest BCUT2D eigenvalue weighted by molar-refractivity contribution is 5.89. The molecule has 1 spiro atoms. The summed E-state index contributed by atoms with van der Waals surface area (Å²) in [5.41, 5.74) is 2.65. The molecule has 1 saturated carbocycles. The number of hydrogen-bond acceptors (Lipinski definition) is 7. The minimum absolute atomic E-state index is 0.00442. The number of piperidine rings is 2. The lowest BCUT2D eigenvalue weighted by Crippen LogP contribution is -2.54. The second-order valence-electron chi connectivity index (χ2n) is 15.1. The lowest BCUT2D eigenvalue weighted by atomic mass is 9.73. The molecule has 2 bridgehead atoms. The number of hydrogen-bond donors (Lipinski definition) is 0. The van der Waals surface area contributed by atoms with Gasteiger partial charge in [0.25, 0.3) is 0 Å². The molecule has 0 aromatic heterocycles. The smallest absolute Gasteiger partial charge is 0.411 e. The van der Waals surface area contributed by atoms with Crippen LogP contribution < -0.4 is 4.74 Å². The summed E-state index contributed by atoms with van der Waals surface area (Å²) in [4.78, 5) is 30.8. The van der Waals surface area contributed by atoms with Crippen LogP contribution in [0.3, 0.4) is 0 Å². The summed E-state index contributed by atoms with van der Waals surface area (Å²) < 4.78 is 32.8. The fourth-order valence-electron chi connectivity index (χ4n) is 8.37. The molecule has 4 heterocycles. The maximum absolute atomic E-state index is 15.6. The molecular formula is C37H44FN3O5. The fourth-order valence-corrected chi connectivity index (χ4v) is 8.37. The van der Waals surface area contributed by atoms with Crippen LogP contribution in [0.15, 0.2) is 36.4 Å². The van der Waals surface area contributed by atoms with Crippen LogP contribution in [0.25, 0.3) is 11.1 Å². The third-order valence-electron chi connectivity index (χ3n) is 10.9. The highest BCUT2D eigenvalue weighted by atomic mass is 19.1. The van der Waals surface area contributed by atoms with E-state index < -0.39 is 23.7 Å². The summed E-state index contributed by atoms with van der Waals surface area (Å²) in [5.74, 6) is -0.210. The number of benzene rings is 2. The molecule has 7 rings (SSSR count). The summed E-state index contributed by atoms with van der Waals surface area (Å²) in [6.45, 7) is 9.81. The van der Waals surface area contributed by atoms with E-state index in [0.717, 1.165) is 75.3 Å². The van der Waals surface area contributed by atoms with Crippen molar-refractivity contribution in [2.75, 3.05) is 32.9 Å². The number of rotatable bonds is 7. The molecule has 46 heavy (non-hydrogen) atoms. The van der Waals surface area contributed by atoms with Crippen molar-refractivity contribution in [2.45, 2.75) is 94.9 Å². The molecule has 4 aliphatic heterocycles. The molecule has 1 aliphatic carbocycles. The Balaban J connectivity index is 1.03. The van der Waals surface area contributed by atoms with Crippen molar-refractivity contribution in [1.29, 1.82) is 5.26 Å². The number of nitrogens with zero attached hydrogens (tertiary/aromatic N) is 3. The van der Waals surface area contributed by atoms with Crippen molar-refractivity contribution in [3.05, 3.63) is 53.3 Å². The first kappa shape index (κ1) is 31.1. The third-order valence-corrected chi connectivity index (χ3v) is 10.9. The predicted octanol–water partition coefficient (Wildman–Crippen LogP) is 6.05. The monoisotopic (exact) mass is 629 g/mol. The average Bonchev–Trinajstić information content (AvgIpc) is 3.71. The Labute approximate surface area is 270 Å². The van der Waals surface area contributed by atoms with Crippen LogP contribution in [-0.4, -0.2) is 78.3 Å². The molecular weight excluding hydrogens is 585 g/mol. The van der Waals surface area contributed by atoms with Gasteiger partial charge in [-0.05, 0) is 113 Å². The van der Waals surface area contributed by atoms with Crippen LogP contribution in [0.1, 0.15) is 70.4 Å². The SMILES string of the molecule is CC(C)(C)OC(=O)N1[C@@H]2CC[C@@H](C2)[C@H]1C(=O)C[C@H](C#N)Cc1ccc(-c2ccc3c(c2)C2(CCN(C4COC4)CC2)CO3)cc1F. The number of nitriles is 1. The van der Waals surface area contributed by atoms with Crippen LogP contribution in [0, 0.1) is 29.0 Å². The van der Waals surface area contributed by atoms with Gasteiger partial charge in [-0.3, -0.25) is 14.6 Å². The van der Waals surface area contributed by atoms with Gasteiger partial charge in [-0.2, -0.15) is 5.26 Å². The van der Waals surface area contributed by atoms with E-state index in [1.165, 1.54) is 11.6 Å². The Morgan fingerprint density at radius 3 is 2.50 bits per heavy atom. The van der Waals surface area contributed by atoms with E-state index in [4.69, 9.17) is 14.2 Å². The Morgan fingerprint density at radius 1 is 1.09 bits per heavy atom. The first-order valence-electron chi connectivity index (χ1n) is 16.9. The van der Waals surface area contributed by atoms with Crippen molar-refractivity contribution >= 4 is 11.9 Å². The van der Waals surface area contributed by atoms with Gasteiger partial charge in [0.1, 0.15) is 17.2 Å². The van der Waals surface area contributed by atoms with Crippen LogP contribution in [0.2, 0.25) is 0 Å². The molecule has 244 valence electrons.